The maximum Gasteiger partial charge on any atom is 0.397 e. The minimum absolute atomic E-state index is 0.219. The van der Waals surface area contributed by atoms with Gasteiger partial charge in [0, 0.05) is 0 Å². The number of rotatable bonds is 41. The Morgan fingerprint density at radius 2 is 1.09 bits per heavy atom. The predicted octanol–water partition coefficient (Wildman–Crippen LogP) is 9.19. The number of carbonyl (C=O) groups is 1. The van der Waals surface area contributed by atoms with Crippen LogP contribution in [-0.4, -0.2) is 107 Å². The zero-order valence-electron chi connectivity index (χ0n) is 39.4. The lowest BCUT2D eigenvalue weighted by atomic mass is 9.99. The Morgan fingerprint density at radius 3 is 1.62 bits per heavy atom. The van der Waals surface area contributed by atoms with Crippen molar-refractivity contribution in [3.05, 3.63) is 60.8 Å². The molecule has 1 saturated heterocycles. The van der Waals surface area contributed by atoms with E-state index in [-0.39, 0.29) is 6.42 Å². The smallest absolute Gasteiger partial charge is 0.394 e. The van der Waals surface area contributed by atoms with Gasteiger partial charge in [0.1, 0.15) is 30.5 Å². The Bertz CT molecular complexity index is 1390. The fraction of sp³-hybridized carbons (Fsp3) is 0.780. The first-order valence-electron chi connectivity index (χ1n) is 24.8. The van der Waals surface area contributed by atoms with Crippen LogP contribution < -0.4 is 5.32 Å². The molecule has 8 unspecified atom stereocenters. The van der Waals surface area contributed by atoms with E-state index in [1.807, 2.05) is 0 Å². The van der Waals surface area contributed by atoms with Crippen molar-refractivity contribution in [2.24, 2.45) is 0 Å². The summed E-state index contributed by atoms with van der Waals surface area (Å²) in [5, 5.41) is 55.2. The number of ether oxygens (including phenoxy) is 2. The van der Waals surface area contributed by atoms with Crippen LogP contribution in [0.1, 0.15) is 187 Å². The molecule has 1 aliphatic heterocycles. The summed E-state index contributed by atoms with van der Waals surface area (Å²) in [5.74, 6) is -0.727. The molecule has 7 N–H and O–H groups in total. The lowest BCUT2D eigenvalue weighted by Crippen LogP contribution is -2.61. The Hall–Kier alpha value is -2.24. The number of hydrogen-bond donors (Lipinski definition) is 7. The number of unbranched alkanes of at least 4 members (excludes halogenated alkanes) is 20. The van der Waals surface area contributed by atoms with E-state index in [2.05, 4.69) is 72.0 Å². The van der Waals surface area contributed by atoms with E-state index >= 15 is 0 Å². The summed E-state index contributed by atoms with van der Waals surface area (Å²) >= 11 is 0. The molecule has 1 rings (SSSR count). The number of nitrogens with one attached hydrogen (secondary N) is 1. The van der Waals surface area contributed by atoms with Gasteiger partial charge in [0.25, 0.3) is 0 Å². The van der Waals surface area contributed by atoms with Crippen molar-refractivity contribution in [3.63, 3.8) is 0 Å². The summed E-state index contributed by atoms with van der Waals surface area (Å²) in [6, 6.07) is -1.15. The molecule has 14 heteroatoms. The van der Waals surface area contributed by atoms with Crippen molar-refractivity contribution in [1.82, 2.24) is 5.32 Å². The van der Waals surface area contributed by atoms with Crippen molar-refractivity contribution in [3.8, 4) is 0 Å². The Balaban J connectivity index is 2.53. The molecule has 1 amide bonds. The highest BCUT2D eigenvalue weighted by Crippen LogP contribution is 2.26. The Morgan fingerprint density at radius 1 is 0.641 bits per heavy atom. The van der Waals surface area contributed by atoms with Crippen molar-refractivity contribution >= 4 is 16.3 Å². The molecule has 64 heavy (non-hydrogen) atoms. The third-order valence-electron chi connectivity index (χ3n) is 11.4. The molecule has 13 nitrogen and oxygen atoms in total. The van der Waals surface area contributed by atoms with Gasteiger partial charge in [-0.2, -0.15) is 8.42 Å². The van der Waals surface area contributed by atoms with Gasteiger partial charge in [-0.05, 0) is 77.0 Å². The third kappa shape index (κ3) is 31.6. The summed E-state index contributed by atoms with van der Waals surface area (Å²) in [7, 11) is -5.13. The lowest BCUT2D eigenvalue weighted by Gasteiger charge is -2.41. The monoisotopic (exact) mass is 928 g/mol. The molecule has 1 aliphatic rings. The quantitative estimate of drug-likeness (QED) is 0.0174. The van der Waals surface area contributed by atoms with Crippen molar-refractivity contribution in [2.75, 3.05) is 13.2 Å². The van der Waals surface area contributed by atoms with Crippen LogP contribution in [0.5, 0.6) is 0 Å². The minimum atomic E-state index is -5.13. The van der Waals surface area contributed by atoms with Crippen LogP contribution in [0, 0.1) is 0 Å². The minimum Gasteiger partial charge on any atom is -0.394 e. The van der Waals surface area contributed by atoms with Crippen LogP contribution in [-0.2, 0) is 28.9 Å². The lowest BCUT2D eigenvalue weighted by molar-refractivity contribution is -0.298. The Labute approximate surface area is 387 Å². The highest BCUT2D eigenvalue weighted by atomic mass is 32.3. The molecule has 0 aromatic rings. The average molecular weight is 928 g/mol. The summed E-state index contributed by atoms with van der Waals surface area (Å²) in [4.78, 5) is 13.1. The number of aliphatic hydroxyl groups is 5. The van der Waals surface area contributed by atoms with Gasteiger partial charge in [-0.25, -0.2) is 4.18 Å². The number of aliphatic hydroxyl groups excluding tert-OH is 5. The average Bonchev–Trinajstić information content (AvgIpc) is 3.27. The SMILES string of the molecule is CCCCC/C=C/CC/C=C/CC/C=C/C(O)C(COC1OC(CO)C(O)C(OS(=O)(=O)O)C1O)NC(=O)C(O)CCCCCCCC/C=C\C/C=C\CCCCCCCCCCC. The highest BCUT2D eigenvalue weighted by Gasteiger charge is 2.48. The second kappa shape index (κ2) is 39.9. The second-order valence-corrected chi connectivity index (χ2v) is 18.2. The van der Waals surface area contributed by atoms with Gasteiger partial charge in [-0.1, -0.05) is 171 Å². The summed E-state index contributed by atoms with van der Waals surface area (Å²) in [6.45, 7) is 3.15. The largest absolute Gasteiger partial charge is 0.397 e. The molecule has 0 bridgehead atoms. The molecule has 0 radical (unpaired) electrons. The van der Waals surface area contributed by atoms with Crippen LogP contribution in [0.4, 0.5) is 0 Å². The van der Waals surface area contributed by atoms with Crippen molar-refractivity contribution < 1.29 is 57.0 Å². The van der Waals surface area contributed by atoms with Gasteiger partial charge in [-0.15, -0.1) is 0 Å². The van der Waals surface area contributed by atoms with Crippen LogP contribution in [0.15, 0.2) is 60.8 Å². The van der Waals surface area contributed by atoms with E-state index < -0.39 is 78.5 Å². The molecule has 8 atom stereocenters. The number of amides is 1. The van der Waals surface area contributed by atoms with E-state index in [9.17, 15) is 43.3 Å². The number of allylic oxidation sites excluding steroid dienone is 9. The van der Waals surface area contributed by atoms with Gasteiger partial charge in [0.15, 0.2) is 6.29 Å². The van der Waals surface area contributed by atoms with E-state index in [0.717, 1.165) is 70.6 Å². The standard InChI is InChI=1S/C50H89NO12S/c1-3-5-7-9-11-13-15-17-18-19-20-21-22-23-24-25-27-29-31-33-35-37-39-44(54)49(57)51-42(43(53)38-36-34-32-30-28-26-16-14-12-10-8-6-4-2)41-61-50-47(56)48(63-64(58,59)60)46(55)45(40-52)62-50/h12,14,20-21,23-24,28,30,36,38,42-48,50,52-56H,3-11,13,15-19,22,25-27,29,31-35,37,39-41H2,1-2H3,(H,51,57)(H,58,59,60)/b14-12+,21-20-,24-23-,30-28+,38-36+. The van der Waals surface area contributed by atoms with E-state index in [4.69, 9.17) is 9.47 Å². The first-order chi connectivity index (χ1) is 30.9. The molecule has 0 saturated carbocycles. The van der Waals surface area contributed by atoms with Gasteiger partial charge < -0.3 is 40.3 Å². The van der Waals surface area contributed by atoms with Crippen LogP contribution in [0.25, 0.3) is 0 Å². The molecule has 372 valence electrons. The molecular formula is C50H89NO12S. The molecule has 0 spiro atoms. The van der Waals surface area contributed by atoms with Crippen molar-refractivity contribution in [1.29, 1.82) is 0 Å². The predicted molar refractivity (Wildman–Crippen MR) is 256 cm³/mol. The number of hydrogen-bond acceptors (Lipinski definition) is 11. The van der Waals surface area contributed by atoms with Crippen LogP contribution in [0.3, 0.4) is 0 Å². The zero-order valence-corrected chi connectivity index (χ0v) is 40.3. The van der Waals surface area contributed by atoms with Gasteiger partial charge in [-0.3, -0.25) is 9.35 Å². The van der Waals surface area contributed by atoms with E-state index in [0.29, 0.717) is 12.8 Å². The van der Waals surface area contributed by atoms with Gasteiger partial charge in [0.2, 0.25) is 5.91 Å². The second-order valence-electron chi connectivity index (χ2n) is 17.2. The van der Waals surface area contributed by atoms with Crippen LogP contribution >= 0.6 is 0 Å². The topological polar surface area (TPSA) is 212 Å². The van der Waals surface area contributed by atoms with E-state index in [1.54, 1.807) is 6.08 Å². The first kappa shape index (κ1) is 59.8. The highest BCUT2D eigenvalue weighted by molar-refractivity contribution is 7.80. The van der Waals surface area contributed by atoms with Gasteiger partial charge >= 0.3 is 10.4 Å². The normalized spacial score (nSPS) is 21.3. The third-order valence-corrected chi connectivity index (χ3v) is 11.8. The van der Waals surface area contributed by atoms with Crippen LogP contribution in [0.2, 0.25) is 0 Å². The first-order valence-corrected chi connectivity index (χ1v) is 26.1. The van der Waals surface area contributed by atoms with Gasteiger partial charge in [0.05, 0.1) is 25.4 Å². The maximum atomic E-state index is 13.1. The molecule has 0 aliphatic carbocycles. The fourth-order valence-electron chi connectivity index (χ4n) is 7.40. The summed E-state index contributed by atoms with van der Waals surface area (Å²) in [6.07, 6.45) is 38.8. The molecular weight excluding hydrogens is 839 g/mol. The molecule has 0 aromatic carbocycles. The maximum absolute atomic E-state index is 13.1. The summed E-state index contributed by atoms with van der Waals surface area (Å²) in [5.41, 5.74) is 0. The Kier molecular flexibility index (Phi) is 37.3. The molecule has 1 fully saturated rings. The fourth-order valence-corrected chi connectivity index (χ4v) is 7.91. The molecule has 1 heterocycles. The summed E-state index contributed by atoms with van der Waals surface area (Å²) < 4.78 is 47.5. The van der Waals surface area contributed by atoms with E-state index in [1.165, 1.54) is 89.5 Å². The zero-order chi connectivity index (χ0) is 47.1. The molecule has 0 aromatic heterocycles. The number of carbonyl (C=O) groups excluding carboxylic acids is 1. The van der Waals surface area contributed by atoms with Crippen molar-refractivity contribution in [2.45, 2.75) is 236 Å².